The maximum atomic E-state index is 13.2. The van der Waals surface area contributed by atoms with E-state index in [1.807, 2.05) is 60.7 Å². The molecule has 0 saturated carbocycles. The minimum atomic E-state index is -1.17. The molecule has 9 heteroatoms. The second-order valence-electron chi connectivity index (χ2n) is 13.9. The van der Waals surface area contributed by atoms with Gasteiger partial charge in [0.15, 0.2) is 5.82 Å². The van der Waals surface area contributed by atoms with Gasteiger partial charge < -0.3 is 20.5 Å². The lowest BCUT2D eigenvalue weighted by Gasteiger charge is -2.21. The molecule has 1 unspecified atom stereocenters. The monoisotopic (exact) mass is 664 g/mol. The van der Waals surface area contributed by atoms with Gasteiger partial charge >= 0.3 is 5.97 Å². The number of aromatic nitrogens is 2. The molecule has 4 aromatic rings. The molecule has 2 amide bonds. The van der Waals surface area contributed by atoms with Crippen LogP contribution < -0.4 is 15.4 Å². The number of unbranched alkanes of at least 4 members (excludes halogenated alkanes) is 1. The van der Waals surface area contributed by atoms with Crippen molar-refractivity contribution in [2.45, 2.75) is 84.7 Å². The number of benzene rings is 3. The minimum Gasteiger partial charge on any atom is -0.494 e. The third kappa shape index (κ3) is 11.0. The summed E-state index contributed by atoms with van der Waals surface area (Å²) in [5, 5.41) is 14.6. The first kappa shape index (κ1) is 36.8. The number of nitrogens with zero attached hydrogens (tertiary/aromatic N) is 2. The second-order valence-corrected chi connectivity index (χ2v) is 13.9. The van der Waals surface area contributed by atoms with Gasteiger partial charge in [-0.15, -0.1) is 0 Å². The number of carboxylic acid groups (broad SMARTS) is 1. The Balaban J connectivity index is 1.40. The summed E-state index contributed by atoms with van der Waals surface area (Å²) >= 11 is 0. The summed E-state index contributed by atoms with van der Waals surface area (Å²) in [5.74, 6) is -0.0670. The van der Waals surface area contributed by atoms with Crippen LogP contribution in [0.5, 0.6) is 5.75 Å². The van der Waals surface area contributed by atoms with E-state index in [-0.39, 0.29) is 11.8 Å². The van der Waals surface area contributed by atoms with Crippen LogP contribution >= 0.6 is 0 Å². The van der Waals surface area contributed by atoms with Gasteiger partial charge in [-0.2, -0.15) is 0 Å². The van der Waals surface area contributed by atoms with Crippen LogP contribution in [0.4, 0.5) is 0 Å². The van der Waals surface area contributed by atoms with Gasteiger partial charge in [0.25, 0.3) is 5.91 Å². The lowest BCUT2D eigenvalue weighted by molar-refractivity contribution is -0.141. The van der Waals surface area contributed by atoms with Crippen molar-refractivity contribution < 1.29 is 24.2 Å². The lowest BCUT2D eigenvalue weighted by Crippen LogP contribution is -2.51. The highest BCUT2D eigenvalue weighted by Gasteiger charge is 2.25. The van der Waals surface area contributed by atoms with E-state index in [9.17, 15) is 19.5 Å². The smallest absolute Gasteiger partial charge is 0.325 e. The zero-order valence-electron chi connectivity index (χ0n) is 29.3. The molecule has 0 radical (unpaired) electrons. The van der Waals surface area contributed by atoms with E-state index in [0.29, 0.717) is 23.9 Å². The van der Waals surface area contributed by atoms with E-state index in [1.54, 1.807) is 24.5 Å². The Kier molecular flexibility index (Phi) is 12.7. The standard InChI is InChI=1S/C40H48N4O5/c1-26(2)9-7-8-22-49-34-20-16-29(17-21-34)32-24-41-36(42-25-32)30-12-10-28(11-13-30)23-35(38(46)43-27(3)39(47)48)44-37(45)31-14-18-33(19-15-31)40(4,5)6/h10-21,24-27,35H,7-9,22-23H2,1-6H3,(H,43,46)(H,44,45)(H,47,48)/t27?,35-/m0/s1. The molecule has 3 N–H and O–H groups in total. The highest BCUT2D eigenvalue weighted by atomic mass is 16.5. The number of carboxylic acids is 1. The summed E-state index contributed by atoms with van der Waals surface area (Å²) in [7, 11) is 0. The van der Waals surface area contributed by atoms with Crippen molar-refractivity contribution in [1.82, 2.24) is 20.6 Å². The van der Waals surface area contributed by atoms with Crippen LogP contribution in [0.15, 0.2) is 85.2 Å². The van der Waals surface area contributed by atoms with Crippen LogP contribution in [0.1, 0.15) is 82.3 Å². The molecule has 49 heavy (non-hydrogen) atoms. The van der Waals surface area contributed by atoms with Gasteiger partial charge in [-0.05, 0) is 72.1 Å². The summed E-state index contributed by atoms with van der Waals surface area (Å²) in [6.07, 6.45) is 7.14. The molecular weight excluding hydrogens is 616 g/mol. The van der Waals surface area contributed by atoms with Crippen LogP contribution in [0, 0.1) is 5.92 Å². The zero-order chi connectivity index (χ0) is 35.6. The number of ether oxygens (including phenoxy) is 1. The van der Waals surface area contributed by atoms with Gasteiger partial charge in [-0.25, -0.2) is 9.97 Å². The number of carbonyl (C=O) groups is 3. The molecule has 0 bridgehead atoms. The molecule has 0 spiro atoms. The van der Waals surface area contributed by atoms with Crippen molar-refractivity contribution in [2.75, 3.05) is 6.61 Å². The quantitative estimate of drug-likeness (QED) is 0.114. The van der Waals surface area contributed by atoms with Crippen molar-refractivity contribution in [3.05, 3.63) is 102 Å². The minimum absolute atomic E-state index is 0.0716. The van der Waals surface area contributed by atoms with Gasteiger partial charge in [-0.1, -0.05) is 89.6 Å². The van der Waals surface area contributed by atoms with Crippen molar-refractivity contribution in [3.63, 3.8) is 0 Å². The van der Waals surface area contributed by atoms with Crippen molar-refractivity contribution >= 4 is 17.8 Å². The van der Waals surface area contributed by atoms with Crippen LogP contribution in [0.3, 0.4) is 0 Å². The van der Waals surface area contributed by atoms with Crippen molar-refractivity contribution in [2.24, 2.45) is 5.92 Å². The first-order valence-corrected chi connectivity index (χ1v) is 16.9. The second kappa shape index (κ2) is 16.9. The van der Waals surface area contributed by atoms with E-state index >= 15 is 0 Å². The number of aliphatic carboxylic acids is 1. The Morgan fingerprint density at radius 2 is 1.39 bits per heavy atom. The molecule has 4 rings (SSSR count). The summed E-state index contributed by atoms with van der Waals surface area (Å²) in [5.41, 5.74) is 4.85. The molecule has 258 valence electrons. The molecule has 2 atom stereocenters. The molecule has 1 heterocycles. The van der Waals surface area contributed by atoms with Crippen LogP contribution in [-0.2, 0) is 21.4 Å². The number of hydrogen-bond donors (Lipinski definition) is 3. The average Bonchev–Trinajstić information content (AvgIpc) is 3.08. The van der Waals surface area contributed by atoms with Crippen LogP contribution in [0.2, 0.25) is 0 Å². The Bertz CT molecular complexity index is 1680. The largest absolute Gasteiger partial charge is 0.494 e. The number of carbonyl (C=O) groups excluding carboxylic acids is 2. The first-order chi connectivity index (χ1) is 23.3. The predicted molar refractivity (Wildman–Crippen MR) is 192 cm³/mol. The van der Waals surface area contributed by atoms with Gasteiger partial charge in [0, 0.05) is 35.5 Å². The summed E-state index contributed by atoms with van der Waals surface area (Å²) in [6.45, 7) is 12.8. The Labute approximate surface area is 289 Å². The normalized spacial score (nSPS) is 12.6. The maximum absolute atomic E-state index is 13.2. The zero-order valence-corrected chi connectivity index (χ0v) is 29.3. The molecule has 1 aromatic heterocycles. The number of amides is 2. The third-order valence-electron chi connectivity index (χ3n) is 8.30. The molecule has 9 nitrogen and oxygen atoms in total. The highest BCUT2D eigenvalue weighted by Crippen LogP contribution is 2.25. The molecule has 0 aliphatic heterocycles. The fourth-order valence-electron chi connectivity index (χ4n) is 5.19. The van der Waals surface area contributed by atoms with E-state index in [2.05, 4.69) is 55.2 Å². The molecule has 0 fully saturated rings. The summed E-state index contributed by atoms with van der Waals surface area (Å²) < 4.78 is 5.88. The SMILES string of the molecule is CC(C)CCCCOc1ccc(-c2cnc(-c3ccc(C[C@H](NC(=O)c4ccc(C(C)(C)C)cc4)C(=O)NC(C)C(=O)O)cc3)nc2)cc1. The molecule has 0 aliphatic carbocycles. The van der Waals surface area contributed by atoms with E-state index in [1.165, 1.54) is 19.8 Å². The van der Waals surface area contributed by atoms with Gasteiger partial charge in [-0.3, -0.25) is 14.4 Å². The van der Waals surface area contributed by atoms with Crippen LogP contribution in [-0.4, -0.2) is 51.5 Å². The first-order valence-electron chi connectivity index (χ1n) is 16.9. The lowest BCUT2D eigenvalue weighted by atomic mass is 9.86. The number of nitrogens with one attached hydrogen (secondary N) is 2. The molecule has 0 saturated heterocycles. The molecule has 3 aromatic carbocycles. The predicted octanol–water partition coefficient (Wildman–Crippen LogP) is 7.24. The number of hydrogen-bond acceptors (Lipinski definition) is 6. The molecular formula is C40H48N4O5. The Hall–Kier alpha value is -5.05. The fraction of sp³-hybridized carbons (Fsp3) is 0.375. The van der Waals surface area contributed by atoms with Gasteiger partial charge in [0.2, 0.25) is 5.91 Å². The van der Waals surface area contributed by atoms with E-state index in [4.69, 9.17) is 4.74 Å². The molecule has 0 aliphatic rings. The van der Waals surface area contributed by atoms with E-state index in [0.717, 1.165) is 40.0 Å². The number of rotatable bonds is 15. The van der Waals surface area contributed by atoms with Crippen LogP contribution in [0.25, 0.3) is 22.5 Å². The summed E-state index contributed by atoms with van der Waals surface area (Å²) in [6, 6.07) is 20.5. The maximum Gasteiger partial charge on any atom is 0.325 e. The highest BCUT2D eigenvalue weighted by molar-refractivity contribution is 5.98. The van der Waals surface area contributed by atoms with Crippen molar-refractivity contribution in [1.29, 1.82) is 0 Å². The van der Waals surface area contributed by atoms with E-state index < -0.39 is 29.9 Å². The Morgan fingerprint density at radius 1 is 0.776 bits per heavy atom. The fourth-order valence-corrected chi connectivity index (χ4v) is 5.19. The average molecular weight is 665 g/mol. The third-order valence-corrected chi connectivity index (χ3v) is 8.30. The van der Waals surface area contributed by atoms with Crippen molar-refractivity contribution in [3.8, 4) is 28.3 Å². The topological polar surface area (TPSA) is 131 Å². The van der Waals surface area contributed by atoms with Gasteiger partial charge in [0.1, 0.15) is 17.8 Å². The van der Waals surface area contributed by atoms with Gasteiger partial charge in [0.05, 0.1) is 6.61 Å². The summed E-state index contributed by atoms with van der Waals surface area (Å²) in [4.78, 5) is 46.9. The Morgan fingerprint density at radius 3 is 1.96 bits per heavy atom.